The molecule has 86 valence electrons. The van der Waals surface area contributed by atoms with Crippen molar-refractivity contribution < 1.29 is 8.81 Å². The number of nitrogens with zero attached hydrogens (tertiary/aromatic N) is 2. The van der Waals surface area contributed by atoms with E-state index in [-0.39, 0.29) is 5.82 Å². The standard InChI is InChI=1S/C12H9FN2OS/c1-6-9-11(16-12(15-9)17-2)7-4-3-5-8(13)10(7)14-6/h3-5H,1-2H3. The van der Waals surface area contributed by atoms with Crippen molar-refractivity contribution in [2.24, 2.45) is 0 Å². The summed E-state index contributed by atoms with van der Waals surface area (Å²) >= 11 is 1.42. The quantitative estimate of drug-likeness (QED) is 0.617. The van der Waals surface area contributed by atoms with Gasteiger partial charge in [-0.05, 0) is 25.3 Å². The van der Waals surface area contributed by atoms with E-state index in [0.29, 0.717) is 32.9 Å². The summed E-state index contributed by atoms with van der Waals surface area (Å²) in [5.74, 6) is -0.338. The van der Waals surface area contributed by atoms with Crippen LogP contribution < -0.4 is 0 Å². The van der Waals surface area contributed by atoms with Gasteiger partial charge in [0, 0.05) is 5.39 Å². The van der Waals surface area contributed by atoms with E-state index < -0.39 is 0 Å². The van der Waals surface area contributed by atoms with Crippen molar-refractivity contribution >= 4 is 33.8 Å². The molecule has 0 N–H and O–H groups in total. The van der Waals surface area contributed by atoms with Crippen LogP contribution in [0.1, 0.15) is 5.69 Å². The Labute approximate surface area is 101 Å². The largest absolute Gasteiger partial charge is 0.431 e. The molecule has 0 fully saturated rings. The smallest absolute Gasteiger partial charge is 0.256 e. The van der Waals surface area contributed by atoms with E-state index in [0.717, 1.165) is 0 Å². The van der Waals surface area contributed by atoms with E-state index in [1.807, 2.05) is 6.26 Å². The van der Waals surface area contributed by atoms with Crippen molar-refractivity contribution in [1.82, 2.24) is 9.97 Å². The molecule has 0 bridgehead atoms. The summed E-state index contributed by atoms with van der Waals surface area (Å²) in [7, 11) is 0. The van der Waals surface area contributed by atoms with Crippen molar-refractivity contribution in [1.29, 1.82) is 0 Å². The second-order valence-corrected chi connectivity index (χ2v) is 4.45. The molecule has 3 nitrogen and oxygen atoms in total. The average Bonchev–Trinajstić information content (AvgIpc) is 2.76. The van der Waals surface area contributed by atoms with Crippen molar-refractivity contribution in [3.63, 3.8) is 0 Å². The Morgan fingerprint density at radius 1 is 1.24 bits per heavy atom. The maximum atomic E-state index is 13.7. The highest BCUT2D eigenvalue weighted by molar-refractivity contribution is 7.98. The molecule has 0 spiro atoms. The molecule has 0 saturated heterocycles. The summed E-state index contributed by atoms with van der Waals surface area (Å²) < 4.78 is 19.3. The number of rotatable bonds is 1. The highest BCUT2D eigenvalue weighted by Gasteiger charge is 2.14. The molecule has 0 aliphatic rings. The first kappa shape index (κ1) is 10.5. The van der Waals surface area contributed by atoms with E-state index >= 15 is 0 Å². The molecule has 2 heterocycles. The van der Waals surface area contributed by atoms with Gasteiger partial charge in [0.05, 0.1) is 5.69 Å². The number of fused-ring (bicyclic) bond motifs is 3. The van der Waals surface area contributed by atoms with Crippen molar-refractivity contribution in [2.75, 3.05) is 6.26 Å². The molecule has 0 amide bonds. The lowest BCUT2D eigenvalue weighted by Crippen LogP contribution is -1.89. The number of hydrogen-bond acceptors (Lipinski definition) is 4. The number of halogens is 1. The lowest BCUT2D eigenvalue weighted by Gasteiger charge is -2.00. The van der Waals surface area contributed by atoms with E-state index in [1.165, 1.54) is 17.8 Å². The molecule has 0 atom stereocenters. The molecular formula is C12H9FN2OS. The average molecular weight is 248 g/mol. The number of hydrogen-bond donors (Lipinski definition) is 0. The lowest BCUT2D eigenvalue weighted by atomic mass is 10.1. The molecule has 3 aromatic rings. The van der Waals surface area contributed by atoms with Gasteiger partial charge in [0.15, 0.2) is 5.58 Å². The molecule has 5 heteroatoms. The van der Waals surface area contributed by atoms with Crippen LogP contribution in [0.5, 0.6) is 0 Å². The van der Waals surface area contributed by atoms with Crippen LogP contribution in [-0.4, -0.2) is 16.2 Å². The minimum Gasteiger partial charge on any atom is -0.431 e. The minimum atomic E-state index is -0.338. The topological polar surface area (TPSA) is 38.9 Å². The fraction of sp³-hybridized carbons (Fsp3) is 0.167. The van der Waals surface area contributed by atoms with Crippen molar-refractivity contribution in [3.8, 4) is 0 Å². The normalized spacial score (nSPS) is 11.5. The summed E-state index contributed by atoms with van der Waals surface area (Å²) in [5.41, 5.74) is 2.33. The van der Waals surface area contributed by atoms with Gasteiger partial charge in [-0.3, -0.25) is 0 Å². The molecule has 0 aliphatic heterocycles. The molecule has 3 rings (SSSR count). The predicted octanol–water partition coefficient (Wildman–Crippen LogP) is 3.55. The van der Waals surface area contributed by atoms with Gasteiger partial charge in [-0.2, -0.15) is 0 Å². The zero-order valence-corrected chi connectivity index (χ0v) is 10.1. The molecule has 2 aromatic heterocycles. The predicted molar refractivity (Wildman–Crippen MR) is 65.8 cm³/mol. The molecule has 0 aliphatic carbocycles. The highest BCUT2D eigenvalue weighted by atomic mass is 32.2. The first-order valence-electron chi connectivity index (χ1n) is 5.10. The van der Waals surface area contributed by atoms with E-state index in [1.54, 1.807) is 19.1 Å². The van der Waals surface area contributed by atoms with Crippen LogP contribution in [0.2, 0.25) is 0 Å². The fourth-order valence-electron chi connectivity index (χ4n) is 1.85. The number of benzene rings is 1. The van der Waals surface area contributed by atoms with Crippen LogP contribution in [0.15, 0.2) is 27.8 Å². The van der Waals surface area contributed by atoms with Gasteiger partial charge in [0.1, 0.15) is 16.9 Å². The monoisotopic (exact) mass is 248 g/mol. The minimum absolute atomic E-state index is 0.335. The molecule has 0 radical (unpaired) electrons. The number of oxazole rings is 1. The van der Waals surface area contributed by atoms with E-state index in [2.05, 4.69) is 9.97 Å². The van der Waals surface area contributed by atoms with Gasteiger partial charge in [-0.25, -0.2) is 14.4 Å². The number of thioether (sulfide) groups is 1. The molecule has 17 heavy (non-hydrogen) atoms. The van der Waals surface area contributed by atoms with Crippen LogP contribution >= 0.6 is 11.8 Å². The molecule has 1 aromatic carbocycles. The Kier molecular flexibility index (Phi) is 2.29. The SMILES string of the molecule is CSc1nc2c(C)nc3c(F)cccc3c2o1. The Morgan fingerprint density at radius 2 is 2.06 bits per heavy atom. The highest BCUT2D eigenvalue weighted by Crippen LogP contribution is 2.30. The van der Waals surface area contributed by atoms with Crippen molar-refractivity contribution in [3.05, 3.63) is 29.7 Å². The fourth-order valence-corrected chi connectivity index (χ4v) is 2.20. The first-order valence-corrected chi connectivity index (χ1v) is 6.32. The van der Waals surface area contributed by atoms with Crippen LogP contribution in [-0.2, 0) is 0 Å². The number of pyridine rings is 1. The zero-order valence-electron chi connectivity index (χ0n) is 9.32. The van der Waals surface area contributed by atoms with Gasteiger partial charge in [0.25, 0.3) is 5.22 Å². The van der Waals surface area contributed by atoms with Crippen LogP contribution in [0.3, 0.4) is 0 Å². The van der Waals surface area contributed by atoms with Crippen LogP contribution in [0, 0.1) is 12.7 Å². The Balaban J connectivity index is 2.54. The van der Waals surface area contributed by atoms with Gasteiger partial charge in [0.2, 0.25) is 0 Å². The summed E-state index contributed by atoms with van der Waals surface area (Å²) in [4.78, 5) is 8.57. The number of aromatic nitrogens is 2. The third-order valence-electron chi connectivity index (χ3n) is 2.64. The summed E-state index contributed by atoms with van der Waals surface area (Å²) in [6.45, 7) is 1.81. The summed E-state index contributed by atoms with van der Waals surface area (Å²) in [6, 6.07) is 4.84. The zero-order chi connectivity index (χ0) is 12.0. The number of aryl methyl sites for hydroxylation is 1. The third-order valence-corrected chi connectivity index (χ3v) is 3.16. The summed E-state index contributed by atoms with van der Waals surface area (Å²) in [5, 5.41) is 1.24. The van der Waals surface area contributed by atoms with Crippen LogP contribution in [0.4, 0.5) is 4.39 Å². The van der Waals surface area contributed by atoms with Gasteiger partial charge >= 0.3 is 0 Å². The second-order valence-electron chi connectivity index (χ2n) is 3.69. The van der Waals surface area contributed by atoms with E-state index in [9.17, 15) is 4.39 Å². The molecular weight excluding hydrogens is 239 g/mol. The molecule has 0 unspecified atom stereocenters. The lowest BCUT2D eigenvalue weighted by molar-refractivity contribution is 0.492. The number of para-hydroxylation sites is 1. The second kappa shape index (κ2) is 3.70. The van der Waals surface area contributed by atoms with Gasteiger partial charge < -0.3 is 4.42 Å². The molecule has 0 saturated carbocycles. The Bertz CT molecular complexity index is 723. The van der Waals surface area contributed by atoms with E-state index in [4.69, 9.17) is 4.42 Å². The van der Waals surface area contributed by atoms with Crippen molar-refractivity contribution in [2.45, 2.75) is 12.1 Å². The summed E-state index contributed by atoms with van der Waals surface area (Å²) in [6.07, 6.45) is 1.89. The Morgan fingerprint density at radius 3 is 2.82 bits per heavy atom. The van der Waals surface area contributed by atoms with Gasteiger partial charge in [-0.15, -0.1) is 0 Å². The van der Waals surface area contributed by atoms with Crippen LogP contribution in [0.25, 0.3) is 22.0 Å². The maximum absolute atomic E-state index is 13.7. The Hall–Kier alpha value is -1.62. The third kappa shape index (κ3) is 1.50. The first-order chi connectivity index (χ1) is 8.20. The van der Waals surface area contributed by atoms with Gasteiger partial charge in [-0.1, -0.05) is 17.8 Å². The maximum Gasteiger partial charge on any atom is 0.256 e.